The topological polar surface area (TPSA) is 87.7 Å². The molecule has 0 radical (unpaired) electrons. The fourth-order valence-corrected chi connectivity index (χ4v) is 1.88. The summed E-state index contributed by atoms with van der Waals surface area (Å²) in [6, 6.07) is -0.238. The van der Waals surface area contributed by atoms with Crippen LogP contribution in [0.15, 0.2) is 0 Å². The number of carboxylic acids is 1. The van der Waals surface area contributed by atoms with Crippen molar-refractivity contribution in [2.75, 3.05) is 19.3 Å². The van der Waals surface area contributed by atoms with Crippen LogP contribution in [0.1, 0.15) is 19.8 Å². The van der Waals surface area contributed by atoms with Gasteiger partial charge in [0, 0.05) is 18.3 Å². The lowest BCUT2D eigenvalue weighted by molar-refractivity contribution is -0.149. The summed E-state index contributed by atoms with van der Waals surface area (Å²) in [5.41, 5.74) is 0. The zero-order valence-corrected chi connectivity index (χ0v) is 11.5. The lowest BCUT2D eigenvalue weighted by Crippen LogP contribution is -2.41. The third-order valence-electron chi connectivity index (χ3n) is 2.83. The molecule has 6 nitrogen and oxygen atoms in total. The summed E-state index contributed by atoms with van der Waals surface area (Å²) < 4.78 is 5.27. The molecule has 0 aromatic heterocycles. The van der Waals surface area contributed by atoms with Crippen LogP contribution < -0.4 is 10.6 Å². The van der Waals surface area contributed by atoms with E-state index in [0.717, 1.165) is 0 Å². The number of ether oxygens (including phenoxy) is 1. The Balaban J connectivity index is 2.14. The minimum absolute atomic E-state index is 0.199. The highest BCUT2D eigenvalue weighted by Crippen LogP contribution is 2.19. The first-order chi connectivity index (χ1) is 8.52. The van der Waals surface area contributed by atoms with Crippen LogP contribution >= 0.6 is 11.8 Å². The van der Waals surface area contributed by atoms with Crippen LogP contribution in [0.4, 0.5) is 4.79 Å². The third-order valence-corrected chi connectivity index (χ3v) is 3.80. The second kappa shape index (κ2) is 7.48. The molecule has 3 unspecified atom stereocenters. The highest BCUT2D eigenvalue weighted by atomic mass is 32.2. The Morgan fingerprint density at radius 3 is 2.72 bits per heavy atom. The number of urea groups is 1. The van der Waals surface area contributed by atoms with Crippen molar-refractivity contribution >= 4 is 23.8 Å². The third kappa shape index (κ3) is 5.14. The van der Waals surface area contributed by atoms with E-state index in [4.69, 9.17) is 9.84 Å². The number of rotatable bonds is 6. The lowest BCUT2D eigenvalue weighted by atomic mass is 10.2. The molecule has 1 saturated heterocycles. The fourth-order valence-electron chi connectivity index (χ4n) is 1.63. The van der Waals surface area contributed by atoms with Gasteiger partial charge in [0.25, 0.3) is 0 Å². The van der Waals surface area contributed by atoms with Crippen LogP contribution in [0, 0.1) is 0 Å². The van der Waals surface area contributed by atoms with Crippen LogP contribution in [-0.4, -0.2) is 53.9 Å². The molecule has 0 saturated carbocycles. The van der Waals surface area contributed by atoms with Gasteiger partial charge in [0.15, 0.2) is 6.10 Å². The number of nitrogens with one attached hydrogen (secondary N) is 2. The molecule has 3 N–H and O–H groups in total. The normalized spacial score (nSPS) is 24.6. The van der Waals surface area contributed by atoms with Gasteiger partial charge in [-0.3, -0.25) is 0 Å². The molecule has 1 heterocycles. The van der Waals surface area contributed by atoms with Crippen molar-refractivity contribution in [1.29, 1.82) is 0 Å². The van der Waals surface area contributed by atoms with Crippen molar-refractivity contribution in [3.05, 3.63) is 0 Å². The number of carbonyl (C=O) groups is 2. The Morgan fingerprint density at radius 2 is 2.17 bits per heavy atom. The van der Waals surface area contributed by atoms with Gasteiger partial charge < -0.3 is 20.5 Å². The molecule has 1 rings (SSSR count). The molecule has 0 bridgehead atoms. The highest BCUT2D eigenvalue weighted by Gasteiger charge is 2.30. The molecule has 0 aromatic rings. The first-order valence-corrected chi connectivity index (χ1v) is 7.24. The van der Waals surface area contributed by atoms with Crippen molar-refractivity contribution in [2.45, 2.75) is 37.2 Å². The van der Waals surface area contributed by atoms with Gasteiger partial charge in [-0.05, 0) is 19.1 Å². The Labute approximate surface area is 111 Å². The van der Waals surface area contributed by atoms with Crippen molar-refractivity contribution in [2.24, 2.45) is 0 Å². The maximum atomic E-state index is 11.4. The molecule has 7 heteroatoms. The SMILES string of the molecule is CSC(C)CNC(=O)NCC1CCC(C(=O)O)O1. The Kier molecular flexibility index (Phi) is 6.28. The summed E-state index contributed by atoms with van der Waals surface area (Å²) in [4.78, 5) is 22.1. The van der Waals surface area contributed by atoms with E-state index < -0.39 is 12.1 Å². The number of thioether (sulfide) groups is 1. The number of hydrogen-bond acceptors (Lipinski definition) is 4. The summed E-state index contributed by atoms with van der Waals surface area (Å²) in [6.07, 6.45) is 2.24. The zero-order chi connectivity index (χ0) is 13.5. The summed E-state index contributed by atoms with van der Waals surface area (Å²) in [5.74, 6) is -0.934. The zero-order valence-electron chi connectivity index (χ0n) is 10.6. The summed E-state index contributed by atoms with van der Waals surface area (Å²) in [6.45, 7) is 2.99. The molecule has 0 aliphatic carbocycles. The molecule has 3 atom stereocenters. The van der Waals surface area contributed by atoms with E-state index in [9.17, 15) is 9.59 Å². The van der Waals surface area contributed by atoms with Gasteiger partial charge in [-0.1, -0.05) is 6.92 Å². The van der Waals surface area contributed by atoms with Gasteiger partial charge in [-0.15, -0.1) is 0 Å². The van der Waals surface area contributed by atoms with Crippen LogP contribution in [-0.2, 0) is 9.53 Å². The van der Waals surface area contributed by atoms with Crippen LogP contribution in [0.3, 0.4) is 0 Å². The first kappa shape index (κ1) is 15.1. The van der Waals surface area contributed by atoms with Gasteiger partial charge in [-0.2, -0.15) is 11.8 Å². The number of hydrogen-bond donors (Lipinski definition) is 3. The van der Waals surface area contributed by atoms with Crippen LogP contribution in [0.5, 0.6) is 0 Å². The van der Waals surface area contributed by atoms with E-state index >= 15 is 0 Å². The lowest BCUT2D eigenvalue weighted by Gasteiger charge is -2.14. The van der Waals surface area contributed by atoms with Crippen molar-refractivity contribution in [3.8, 4) is 0 Å². The minimum Gasteiger partial charge on any atom is -0.479 e. The number of carboxylic acid groups (broad SMARTS) is 1. The maximum absolute atomic E-state index is 11.4. The van der Waals surface area contributed by atoms with Crippen molar-refractivity contribution in [1.82, 2.24) is 10.6 Å². The number of carbonyl (C=O) groups excluding carboxylic acids is 1. The minimum atomic E-state index is -0.934. The smallest absolute Gasteiger partial charge is 0.332 e. The predicted molar refractivity (Wildman–Crippen MR) is 69.9 cm³/mol. The predicted octanol–water partition coefficient (Wildman–Crippen LogP) is 0.669. The molecule has 18 heavy (non-hydrogen) atoms. The van der Waals surface area contributed by atoms with Crippen molar-refractivity contribution < 1.29 is 19.4 Å². The van der Waals surface area contributed by atoms with Crippen LogP contribution in [0.2, 0.25) is 0 Å². The fraction of sp³-hybridized carbons (Fsp3) is 0.818. The molecule has 104 valence electrons. The molecule has 2 amide bonds. The van der Waals surface area contributed by atoms with E-state index in [1.54, 1.807) is 11.8 Å². The van der Waals surface area contributed by atoms with Gasteiger partial charge in [0.2, 0.25) is 0 Å². The van der Waals surface area contributed by atoms with E-state index in [2.05, 4.69) is 10.6 Å². The maximum Gasteiger partial charge on any atom is 0.332 e. The second-order valence-corrected chi connectivity index (χ2v) is 5.58. The monoisotopic (exact) mass is 276 g/mol. The highest BCUT2D eigenvalue weighted by molar-refractivity contribution is 7.99. The van der Waals surface area contributed by atoms with E-state index in [-0.39, 0.29) is 12.1 Å². The number of amides is 2. The first-order valence-electron chi connectivity index (χ1n) is 5.95. The van der Waals surface area contributed by atoms with E-state index in [0.29, 0.717) is 31.2 Å². The molecule has 1 aliphatic rings. The summed E-state index contributed by atoms with van der Waals surface area (Å²) in [7, 11) is 0. The molecule has 0 aromatic carbocycles. The molecule has 1 aliphatic heterocycles. The van der Waals surface area contributed by atoms with Crippen molar-refractivity contribution in [3.63, 3.8) is 0 Å². The molecular weight excluding hydrogens is 256 g/mol. The Bertz CT molecular complexity index is 301. The number of aliphatic carboxylic acids is 1. The molecular formula is C11H20N2O4S. The molecule has 0 spiro atoms. The largest absolute Gasteiger partial charge is 0.479 e. The quantitative estimate of drug-likeness (QED) is 0.663. The standard InChI is InChI=1S/C11H20N2O4S/c1-7(18-2)5-12-11(16)13-6-8-3-4-9(17-8)10(14)15/h7-9H,3-6H2,1-2H3,(H,14,15)(H2,12,13,16). The van der Waals surface area contributed by atoms with Gasteiger partial charge in [0.1, 0.15) is 0 Å². The Morgan fingerprint density at radius 1 is 1.44 bits per heavy atom. The van der Waals surface area contributed by atoms with E-state index in [1.807, 2.05) is 13.2 Å². The average Bonchev–Trinajstić information content (AvgIpc) is 2.82. The second-order valence-electron chi connectivity index (χ2n) is 4.30. The summed E-state index contributed by atoms with van der Waals surface area (Å²) in [5, 5.41) is 14.6. The van der Waals surface area contributed by atoms with Gasteiger partial charge in [-0.25, -0.2) is 9.59 Å². The Hall–Kier alpha value is -0.950. The van der Waals surface area contributed by atoms with Gasteiger partial charge >= 0.3 is 12.0 Å². The van der Waals surface area contributed by atoms with Crippen LogP contribution in [0.25, 0.3) is 0 Å². The average molecular weight is 276 g/mol. The molecule has 1 fully saturated rings. The summed E-state index contributed by atoms with van der Waals surface area (Å²) >= 11 is 1.68. The van der Waals surface area contributed by atoms with Gasteiger partial charge in [0.05, 0.1) is 6.10 Å². The van der Waals surface area contributed by atoms with E-state index in [1.165, 1.54) is 0 Å².